The molecule has 0 radical (unpaired) electrons. The van der Waals surface area contributed by atoms with Crippen LogP contribution >= 0.6 is 24.0 Å². The van der Waals surface area contributed by atoms with Crippen molar-refractivity contribution >= 4 is 40.1 Å². The van der Waals surface area contributed by atoms with E-state index >= 15 is 0 Å². The van der Waals surface area contributed by atoms with Crippen LogP contribution in [0.25, 0.3) is 0 Å². The highest BCUT2D eigenvalue weighted by atomic mass is 32.2. The van der Waals surface area contributed by atoms with Crippen molar-refractivity contribution in [3.05, 3.63) is 35.4 Å². The van der Waals surface area contributed by atoms with Gasteiger partial charge in [-0.2, -0.15) is 0 Å². The van der Waals surface area contributed by atoms with Crippen molar-refractivity contribution in [1.29, 1.82) is 0 Å². The number of carbonyl (C=O) groups excluding carboxylic acids is 2. The molecule has 22 heavy (non-hydrogen) atoms. The number of amides is 2. The van der Waals surface area contributed by atoms with E-state index in [4.69, 9.17) is 12.2 Å². The summed E-state index contributed by atoms with van der Waals surface area (Å²) in [4.78, 5) is 25.0. The number of benzene rings is 1. The summed E-state index contributed by atoms with van der Waals surface area (Å²) in [5, 5.41) is 2.92. The van der Waals surface area contributed by atoms with Gasteiger partial charge in [0.15, 0.2) is 0 Å². The lowest BCUT2D eigenvalue weighted by Crippen LogP contribution is -2.29. The largest absolute Gasteiger partial charge is 0.352 e. The average molecular weight is 336 g/mol. The zero-order valence-electron chi connectivity index (χ0n) is 12.6. The Labute approximate surface area is 140 Å². The molecule has 1 heterocycles. The second kappa shape index (κ2) is 8.29. The van der Waals surface area contributed by atoms with Gasteiger partial charge in [-0.25, -0.2) is 0 Å². The fraction of sp³-hybridized carbons (Fsp3) is 0.438. The molecule has 4 nitrogen and oxygen atoms in total. The summed E-state index contributed by atoms with van der Waals surface area (Å²) in [6.45, 7) is 3.22. The number of hydrogen-bond donors (Lipinski definition) is 1. The summed E-state index contributed by atoms with van der Waals surface area (Å²) >= 11 is 6.53. The van der Waals surface area contributed by atoms with Gasteiger partial charge in [0.2, 0.25) is 11.8 Å². The Balaban J connectivity index is 1.60. The molecule has 2 amide bonds. The van der Waals surface area contributed by atoms with Gasteiger partial charge in [-0.3, -0.25) is 14.5 Å². The van der Waals surface area contributed by atoms with Gasteiger partial charge in [-0.15, -0.1) is 0 Å². The minimum atomic E-state index is 0.0466. The van der Waals surface area contributed by atoms with Crippen LogP contribution in [0.3, 0.4) is 0 Å². The molecule has 1 saturated heterocycles. The molecular formula is C16H20N2O2S2. The molecule has 6 heteroatoms. The molecule has 0 saturated carbocycles. The SMILES string of the molecule is Cc1ccc(CNC(=O)CCCCN2C(=O)CSC2=S)cc1. The fourth-order valence-electron chi connectivity index (χ4n) is 2.15. The van der Waals surface area contributed by atoms with E-state index in [1.165, 1.54) is 17.3 Å². The highest BCUT2D eigenvalue weighted by Crippen LogP contribution is 2.19. The van der Waals surface area contributed by atoms with Crippen LogP contribution in [0.15, 0.2) is 24.3 Å². The van der Waals surface area contributed by atoms with Crippen LogP contribution in [0, 0.1) is 6.92 Å². The number of thioether (sulfide) groups is 1. The third-order valence-electron chi connectivity index (χ3n) is 3.49. The normalized spacial score (nSPS) is 14.5. The Morgan fingerprint density at radius 3 is 2.68 bits per heavy atom. The van der Waals surface area contributed by atoms with Crippen LogP contribution in [0.2, 0.25) is 0 Å². The van der Waals surface area contributed by atoms with Crippen molar-refractivity contribution < 1.29 is 9.59 Å². The Morgan fingerprint density at radius 2 is 2.05 bits per heavy atom. The Morgan fingerprint density at radius 1 is 1.32 bits per heavy atom. The Kier molecular flexibility index (Phi) is 6.39. The first-order valence-electron chi connectivity index (χ1n) is 7.35. The van der Waals surface area contributed by atoms with Crippen LogP contribution in [0.1, 0.15) is 30.4 Å². The Hall–Kier alpha value is -1.40. The number of nitrogens with zero attached hydrogens (tertiary/aromatic N) is 1. The Bertz CT molecular complexity index is 542. The molecule has 1 fully saturated rings. The predicted molar refractivity (Wildman–Crippen MR) is 93.6 cm³/mol. The van der Waals surface area contributed by atoms with Crippen molar-refractivity contribution in [3.63, 3.8) is 0 Å². The van der Waals surface area contributed by atoms with E-state index in [1.807, 2.05) is 31.2 Å². The minimum absolute atomic E-state index is 0.0466. The molecule has 2 rings (SSSR count). The third kappa shape index (κ3) is 5.10. The molecule has 0 aliphatic carbocycles. The van der Waals surface area contributed by atoms with Gasteiger partial charge >= 0.3 is 0 Å². The first-order valence-corrected chi connectivity index (χ1v) is 8.75. The highest BCUT2D eigenvalue weighted by molar-refractivity contribution is 8.23. The van der Waals surface area contributed by atoms with Gasteiger partial charge in [0.25, 0.3) is 0 Å². The maximum atomic E-state index is 11.8. The second-order valence-corrected chi connectivity index (χ2v) is 6.93. The van der Waals surface area contributed by atoms with Crippen molar-refractivity contribution in [2.45, 2.75) is 32.7 Å². The quantitative estimate of drug-likeness (QED) is 0.614. The van der Waals surface area contributed by atoms with E-state index in [-0.39, 0.29) is 11.8 Å². The predicted octanol–water partition coefficient (Wildman–Crippen LogP) is 2.64. The molecule has 1 aliphatic rings. The molecule has 0 atom stereocenters. The molecule has 0 aromatic heterocycles. The molecule has 0 spiro atoms. The average Bonchev–Trinajstić information content (AvgIpc) is 2.82. The van der Waals surface area contributed by atoms with Crippen LogP contribution in [0.5, 0.6) is 0 Å². The van der Waals surface area contributed by atoms with Crippen molar-refractivity contribution in [2.24, 2.45) is 0 Å². The topological polar surface area (TPSA) is 49.4 Å². The van der Waals surface area contributed by atoms with Crippen LogP contribution < -0.4 is 5.32 Å². The number of hydrogen-bond acceptors (Lipinski definition) is 4. The second-order valence-electron chi connectivity index (χ2n) is 5.32. The zero-order valence-corrected chi connectivity index (χ0v) is 14.3. The van der Waals surface area contributed by atoms with Gasteiger partial charge in [0.1, 0.15) is 4.32 Å². The number of nitrogens with one attached hydrogen (secondary N) is 1. The van der Waals surface area contributed by atoms with E-state index < -0.39 is 0 Å². The van der Waals surface area contributed by atoms with Crippen molar-refractivity contribution in [3.8, 4) is 0 Å². The van der Waals surface area contributed by atoms with Gasteiger partial charge in [-0.1, -0.05) is 53.8 Å². The maximum Gasteiger partial charge on any atom is 0.238 e. The first kappa shape index (κ1) is 17.0. The lowest BCUT2D eigenvalue weighted by Gasteiger charge is -2.14. The summed E-state index contributed by atoms with van der Waals surface area (Å²) in [6, 6.07) is 8.12. The number of unbranched alkanes of at least 4 members (excludes halogenated alkanes) is 1. The summed E-state index contributed by atoms with van der Waals surface area (Å²) in [7, 11) is 0. The number of carbonyl (C=O) groups is 2. The van der Waals surface area contributed by atoms with E-state index in [2.05, 4.69) is 5.32 Å². The van der Waals surface area contributed by atoms with Crippen LogP contribution in [-0.2, 0) is 16.1 Å². The molecule has 1 N–H and O–H groups in total. The number of thiocarbonyl (C=S) groups is 1. The van der Waals surface area contributed by atoms with Gasteiger partial charge < -0.3 is 5.32 Å². The van der Waals surface area contributed by atoms with E-state index in [9.17, 15) is 9.59 Å². The van der Waals surface area contributed by atoms with E-state index in [0.717, 1.165) is 18.4 Å². The van der Waals surface area contributed by atoms with Gasteiger partial charge in [0, 0.05) is 19.5 Å². The standard InChI is InChI=1S/C16H20N2O2S2/c1-12-5-7-13(8-6-12)10-17-14(19)4-2-3-9-18-15(20)11-22-16(18)21/h5-8H,2-4,9-11H2,1H3,(H,17,19). The van der Waals surface area contributed by atoms with E-state index in [1.54, 1.807) is 4.90 Å². The van der Waals surface area contributed by atoms with Crippen molar-refractivity contribution in [2.75, 3.05) is 12.3 Å². The maximum absolute atomic E-state index is 11.8. The van der Waals surface area contributed by atoms with E-state index in [0.29, 0.717) is 29.6 Å². The summed E-state index contributed by atoms with van der Waals surface area (Å²) in [5.41, 5.74) is 2.31. The lowest BCUT2D eigenvalue weighted by atomic mass is 10.1. The minimum Gasteiger partial charge on any atom is -0.352 e. The first-order chi connectivity index (χ1) is 10.6. The van der Waals surface area contributed by atoms with Crippen LogP contribution in [-0.4, -0.2) is 33.3 Å². The smallest absolute Gasteiger partial charge is 0.238 e. The fourth-order valence-corrected chi connectivity index (χ4v) is 3.27. The van der Waals surface area contributed by atoms with Crippen molar-refractivity contribution in [1.82, 2.24) is 10.2 Å². The number of rotatable bonds is 7. The number of aryl methyl sites for hydroxylation is 1. The monoisotopic (exact) mass is 336 g/mol. The zero-order chi connectivity index (χ0) is 15.9. The highest BCUT2D eigenvalue weighted by Gasteiger charge is 2.25. The molecular weight excluding hydrogens is 316 g/mol. The lowest BCUT2D eigenvalue weighted by molar-refractivity contribution is -0.124. The molecule has 1 aromatic rings. The van der Waals surface area contributed by atoms with Gasteiger partial charge in [-0.05, 0) is 25.3 Å². The van der Waals surface area contributed by atoms with Crippen LogP contribution in [0.4, 0.5) is 0 Å². The molecule has 1 aliphatic heterocycles. The summed E-state index contributed by atoms with van der Waals surface area (Å²) in [6.07, 6.45) is 2.04. The third-order valence-corrected chi connectivity index (χ3v) is 4.92. The van der Waals surface area contributed by atoms with Gasteiger partial charge in [0.05, 0.1) is 5.75 Å². The molecule has 0 unspecified atom stereocenters. The summed E-state index contributed by atoms with van der Waals surface area (Å²) in [5.74, 6) is 0.583. The molecule has 0 bridgehead atoms. The molecule has 1 aromatic carbocycles. The molecule has 118 valence electrons. The summed E-state index contributed by atoms with van der Waals surface area (Å²) < 4.78 is 0.661.